The van der Waals surface area contributed by atoms with Gasteiger partial charge in [-0.05, 0) is 14.7 Å². The van der Waals surface area contributed by atoms with Gasteiger partial charge in [0.05, 0.1) is 11.3 Å². The Morgan fingerprint density at radius 3 is 2.00 bits per heavy atom. The molecule has 0 saturated carbocycles. The molecule has 0 bridgehead atoms. The van der Waals surface area contributed by atoms with Gasteiger partial charge in [0.15, 0.2) is 0 Å². The van der Waals surface area contributed by atoms with Crippen molar-refractivity contribution >= 4 is 21.7 Å². The van der Waals surface area contributed by atoms with E-state index >= 15 is 0 Å². The summed E-state index contributed by atoms with van der Waals surface area (Å²) in [7, 11) is -6.14. The molecule has 0 aromatic heterocycles. The predicted molar refractivity (Wildman–Crippen MR) is 63.4 cm³/mol. The minimum Gasteiger partial charge on any atom is -0.258 e. The molecule has 0 aliphatic rings. The first kappa shape index (κ1) is 14.8. The highest BCUT2D eigenvalue weighted by Crippen LogP contribution is 2.49. The Kier molecular flexibility index (Phi) is 4.56. The minimum atomic E-state index is -3.07. The standard InChI is InChI=1S/C8H8N2O6P2/c9-8(17(13)14,18(15)16)5-6-1-3-7(4-2-6)10(11)12/h1-4H,5,9H2/p+2. The third-order valence-corrected chi connectivity index (χ3v) is 4.94. The monoisotopic (exact) mass is 292 g/mol. The van der Waals surface area contributed by atoms with Gasteiger partial charge in [-0.15, -0.1) is 0 Å². The van der Waals surface area contributed by atoms with E-state index in [1.54, 1.807) is 0 Å². The molecule has 1 aromatic carbocycles. The molecule has 2 atom stereocenters. The van der Waals surface area contributed by atoms with Crippen LogP contribution >= 0.6 is 16.1 Å². The molecule has 0 heterocycles. The molecule has 0 fully saturated rings. The summed E-state index contributed by atoms with van der Waals surface area (Å²) in [6.45, 7) is 0. The quantitative estimate of drug-likeness (QED) is 0.420. The maximum Gasteiger partial charge on any atom is 0.585 e. The van der Waals surface area contributed by atoms with Gasteiger partial charge in [0.2, 0.25) is 0 Å². The van der Waals surface area contributed by atoms with Crippen LogP contribution < -0.4 is 5.73 Å². The average molecular weight is 292 g/mol. The Morgan fingerprint density at radius 1 is 1.22 bits per heavy atom. The molecule has 0 amide bonds. The van der Waals surface area contributed by atoms with Crippen LogP contribution in [-0.4, -0.2) is 19.7 Å². The van der Waals surface area contributed by atoms with E-state index in [4.69, 9.17) is 15.5 Å². The number of non-ortho nitro benzene ring substituents is 1. The van der Waals surface area contributed by atoms with E-state index in [-0.39, 0.29) is 12.1 Å². The van der Waals surface area contributed by atoms with Gasteiger partial charge in [-0.2, -0.15) is 9.79 Å². The van der Waals surface area contributed by atoms with Crippen LogP contribution in [0, 0.1) is 10.1 Å². The summed E-state index contributed by atoms with van der Waals surface area (Å²) in [6, 6.07) is 5.00. The van der Waals surface area contributed by atoms with Crippen LogP contribution in [0.2, 0.25) is 0 Å². The van der Waals surface area contributed by atoms with E-state index in [0.29, 0.717) is 5.56 Å². The second-order valence-corrected chi connectivity index (χ2v) is 6.57. The molecule has 1 rings (SSSR count). The zero-order valence-electron chi connectivity index (χ0n) is 8.96. The summed E-state index contributed by atoms with van der Waals surface area (Å²) in [5.74, 6) is 0. The van der Waals surface area contributed by atoms with E-state index in [1.165, 1.54) is 24.3 Å². The van der Waals surface area contributed by atoms with Gasteiger partial charge in [0.25, 0.3) is 5.69 Å². The lowest BCUT2D eigenvalue weighted by Gasteiger charge is -2.03. The van der Waals surface area contributed by atoms with Crippen LogP contribution in [0.25, 0.3) is 0 Å². The molecular formula is C8H10N2O6P2+2. The van der Waals surface area contributed by atoms with Crippen LogP contribution in [-0.2, 0) is 15.6 Å². The Hall–Kier alpha value is -1.30. The number of nitro benzene ring substituents is 1. The zero-order chi connectivity index (χ0) is 13.9. The number of benzene rings is 1. The van der Waals surface area contributed by atoms with Crippen LogP contribution in [0.1, 0.15) is 5.56 Å². The molecule has 96 valence electrons. The van der Waals surface area contributed by atoms with Crippen molar-refractivity contribution in [2.75, 3.05) is 0 Å². The molecule has 2 unspecified atom stereocenters. The Labute approximate surface area is 103 Å². The Morgan fingerprint density at radius 2 is 1.67 bits per heavy atom. The van der Waals surface area contributed by atoms with Gasteiger partial charge in [0, 0.05) is 12.1 Å². The first-order valence-electron chi connectivity index (χ1n) is 4.62. The number of nitro groups is 1. The van der Waals surface area contributed by atoms with Gasteiger partial charge in [0.1, 0.15) is 0 Å². The van der Waals surface area contributed by atoms with Crippen molar-refractivity contribution < 1.29 is 23.8 Å². The highest BCUT2D eigenvalue weighted by Gasteiger charge is 2.64. The van der Waals surface area contributed by atoms with Crippen molar-refractivity contribution in [1.29, 1.82) is 0 Å². The fraction of sp³-hybridized carbons (Fsp3) is 0.250. The van der Waals surface area contributed by atoms with Crippen molar-refractivity contribution in [3.63, 3.8) is 0 Å². The molecule has 0 radical (unpaired) electrons. The fourth-order valence-electron chi connectivity index (χ4n) is 1.24. The van der Waals surface area contributed by atoms with Gasteiger partial charge >= 0.3 is 21.1 Å². The van der Waals surface area contributed by atoms with E-state index in [2.05, 4.69) is 0 Å². The molecule has 18 heavy (non-hydrogen) atoms. The number of hydrogen-bond donors (Lipinski definition) is 3. The topological polar surface area (TPSA) is 144 Å². The molecule has 4 N–H and O–H groups in total. The summed E-state index contributed by atoms with van der Waals surface area (Å²) < 4.78 is 22.0. The highest BCUT2D eigenvalue weighted by molar-refractivity contribution is 7.59. The molecule has 0 aliphatic heterocycles. The first-order chi connectivity index (χ1) is 8.27. The zero-order valence-corrected chi connectivity index (χ0v) is 10.8. The summed E-state index contributed by atoms with van der Waals surface area (Å²) in [4.78, 5) is 27.8. The maximum absolute atomic E-state index is 11.0. The molecule has 10 heteroatoms. The molecule has 1 aromatic rings. The smallest absolute Gasteiger partial charge is 0.258 e. The third kappa shape index (κ3) is 3.13. The number of nitrogens with zero attached hydrogens (tertiary/aromatic N) is 1. The lowest BCUT2D eigenvalue weighted by molar-refractivity contribution is -0.384. The lowest BCUT2D eigenvalue weighted by atomic mass is 10.1. The maximum atomic E-state index is 11.0. The SMILES string of the molecule is NC(Cc1ccc([N+](=O)[O-])cc1)([P+](=O)O)[P+](=O)O. The van der Waals surface area contributed by atoms with Crippen LogP contribution in [0.5, 0.6) is 0 Å². The molecule has 0 aliphatic carbocycles. The van der Waals surface area contributed by atoms with Crippen molar-refractivity contribution in [1.82, 2.24) is 0 Å². The van der Waals surface area contributed by atoms with Gasteiger partial charge in [-0.3, -0.25) is 10.1 Å². The van der Waals surface area contributed by atoms with Gasteiger partial charge < -0.3 is 0 Å². The largest absolute Gasteiger partial charge is 0.585 e. The number of hydrogen-bond acceptors (Lipinski definition) is 5. The molecule has 0 saturated heterocycles. The summed E-state index contributed by atoms with van der Waals surface area (Å²) in [5, 5.41) is 8.27. The second kappa shape index (κ2) is 5.56. The minimum absolute atomic E-state index is 0.150. The first-order valence-corrected chi connectivity index (χ1v) is 7.04. The van der Waals surface area contributed by atoms with Gasteiger partial charge in [-0.1, -0.05) is 12.1 Å². The molecule has 0 spiro atoms. The van der Waals surface area contributed by atoms with Crippen LogP contribution in [0.15, 0.2) is 24.3 Å². The summed E-state index contributed by atoms with van der Waals surface area (Å²) >= 11 is 0. The summed E-state index contributed by atoms with van der Waals surface area (Å²) in [5.41, 5.74) is 5.62. The van der Waals surface area contributed by atoms with E-state index < -0.39 is 26.0 Å². The fourth-order valence-corrected chi connectivity index (χ4v) is 2.47. The Bertz CT molecular complexity index is 489. The van der Waals surface area contributed by atoms with Crippen LogP contribution in [0.4, 0.5) is 5.69 Å². The molecular weight excluding hydrogens is 282 g/mol. The highest BCUT2D eigenvalue weighted by atomic mass is 31.2. The second-order valence-electron chi connectivity index (χ2n) is 3.52. The van der Waals surface area contributed by atoms with Crippen molar-refractivity contribution in [3.8, 4) is 0 Å². The van der Waals surface area contributed by atoms with Crippen molar-refractivity contribution in [2.45, 2.75) is 11.4 Å². The number of rotatable bonds is 5. The Balaban J connectivity index is 2.99. The van der Waals surface area contributed by atoms with E-state index in [9.17, 15) is 19.2 Å². The van der Waals surface area contributed by atoms with Crippen molar-refractivity contribution in [2.24, 2.45) is 5.73 Å². The summed E-state index contributed by atoms with van der Waals surface area (Å²) in [6.07, 6.45) is -0.331. The average Bonchev–Trinajstić information content (AvgIpc) is 2.29. The molecule has 8 nitrogen and oxygen atoms in total. The predicted octanol–water partition coefficient (Wildman–Crippen LogP) is 1.22. The lowest BCUT2D eigenvalue weighted by Crippen LogP contribution is -2.34. The van der Waals surface area contributed by atoms with E-state index in [1.807, 2.05) is 0 Å². The van der Waals surface area contributed by atoms with Gasteiger partial charge in [-0.25, -0.2) is 5.73 Å². The van der Waals surface area contributed by atoms with Crippen molar-refractivity contribution in [3.05, 3.63) is 39.9 Å². The number of nitrogens with two attached hydrogens (primary N) is 1. The normalized spacial score (nSPS) is 15.7. The third-order valence-electron chi connectivity index (χ3n) is 2.27. The van der Waals surface area contributed by atoms with E-state index in [0.717, 1.165) is 0 Å². The van der Waals surface area contributed by atoms with Crippen LogP contribution in [0.3, 0.4) is 0 Å².